The molecular formula is C28H36N4O2. The third-order valence-electron chi connectivity index (χ3n) is 8.47. The number of fused-ring (bicyclic) bond motifs is 2. The molecule has 4 aliphatic rings. The highest BCUT2D eigenvalue weighted by Gasteiger charge is 2.34. The van der Waals surface area contributed by atoms with Crippen LogP contribution in [-0.4, -0.2) is 37.2 Å². The van der Waals surface area contributed by atoms with Gasteiger partial charge in [0.15, 0.2) is 0 Å². The standard InChI is InChI=1S/C28H36N4O2/c33-28(22-8-6-21(7-9-22)17-20-3-1-4-20)32-19-23-5-2-12-29-27(23)30-25-11-10-24(18-26(25)32)31-13-15-34-16-14-31/h2,5,10-12,18,20-22H,1,3-4,6-9,13-17,19H2,(H,29,30)/t21-,22-. The first-order chi connectivity index (χ1) is 16.7. The van der Waals surface area contributed by atoms with Crippen molar-refractivity contribution in [3.05, 3.63) is 42.1 Å². The van der Waals surface area contributed by atoms with Crippen LogP contribution in [0.3, 0.4) is 0 Å². The van der Waals surface area contributed by atoms with Gasteiger partial charge in [0.2, 0.25) is 5.91 Å². The van der Waals surface area contributed by atoms with E-state index < -0.39 is 0 Å². The third-order valence-corrected chi connectivity index (χ3v) is 8.47. The molecule has 0 spiro atoms. The predicted octanol–water partition coefficient (Wildman–Crippen LogP) is 5.51. The first-order valence-electron chi connectivity index (χ1n) is 13.2. The topological polar surface area (TPSA) is 57.7 Å². The molecule has 1 saturated heterocycles. The highest BCUT2D eigenvalue weighted by molar-refractivity contribution is 6.00. The van der Waals surface area contributed by atoms with Gasteiger partial charge in [0.25, 0.3) is 0 Å². The summed E-state index contributed by atoms with van der Waals surface area (Å²) in [4.78, 5) is 23.0. The van der Waals surface area contributed by atoms with E-state index >= 15 is 0 Å². The van der Waals surface area contributed by atoms with Crippen molar-refractivity contribution in [1.29, 1.82) is 0 Å². The summed E-state index contributed by atoms with van der Waals surface area (Å²) < 4.78 is 5.55. The molecule has 180 valence electrons. The maximum atomic E-state index is 14.0. The molecule has 1 aromatic heterocycles. The Kier molecular flexibility index (Phi) is 6.16. The molecule has 0 radical (unpaired) electrons. The van der Waals surface area contributed by atoms with E-state index in [4.69, 9.17) is 4.74 Å². The molecule has 1 amide bonds. The first kappa shape index (κ1) is 21.9. The number of benzene rings is 1. The van der Waals surface area contributed by atoms with E-state index in [0.29, 0.717) is 6.54 Å². The molecule has 1 N–H and O–H groups in total. The minimum absolute atomic E-state index is 0.121. The molecule has 6 heteroatoms. The smallest absolute Gasteiger partial charge is 0.230 e. The van der Waals surface area contributed by atoms with Crippen molar-refractivity contribution < 1.29 is 9.53 Å². The van der Waals surface area contributed by atoms with Gasteiger partial charge in [-0.15, -0.1) is 0 Å². The number of morpholine rings is 1. The van der Waals surface area contributed by atoms with Crippen molar-refractivity contribution in [3.63, 3.8) is 0 Å². The molecule has 6 rings (SSSR count). The van der Waals surface area contributed by atoms with Crippen LogP contribution >= 0.6 is 0 Å². The van der Waals surface area contributed by atoms with Crippen LogP contribution in [0.2, 0.25) is 0 Å². The number of anilines is 4. The minimum Gasteiger partial charge on any atom is -0.378 e. The number of amides is 1. The van der Waals surface area contributed by atoms with E-state index in [1.54, 1.807) is 0 Å². The van der Waals surface area contributed by atoms with Crippen molar-refractivity contribution in [1.82, 2.24) is 4.98 Å². The third kappa shape index (κ3) is 4.40. The van der Waals surface area contributed by atoms with Gasteiger partial charge in [-0.05, 0) is 68.2 Å². The summed E-state index contributed by atoms with van der Waals surface area (Å²) in [5, 5.41) is 3.51. The maximum Gasteiger partial charge on any atom is 0.230 e. The number of aromatic nitrogens is 1. The van der Waals surface area contributed by atoms with Crippen molar-refractivity contribution >= 4 is 28.8 Å². The van der Waals surface area contributed by atoms with Gasteiger partial charge >= 0.3 is 0 Å². The summed E-state index contributed by atoms with van der Waals surface area (Å²) in [5.41, 5.74) is 4.16. The molecule has 1 aromatic carbocycles. The van der Waals surface area contributed by atoms with Crippen LogP contribution < -0.4 is 15.1 Å². The SMILES string of the molecule is O=C([C@H]1CC[C@H](CC2CCC2)CC1)N1Cc2cccnc2Nc2ccc(N3CCOCC3)cc21. The van der Waals surface area contributed by atoms with E-state index in [2.05, 4.69) is 39.5 Å². The Balaban J connectivity index is 1.26. The van der Waals surface area contributed by atoms with Crippen molar-refractivity contribution in [2.45, 2.75) is 57.9 Å². The second-order valence-electron chi connectivity index (χ2n) is 10.6. The Morgan fingerprint density at radius 2 is 1.82 bits per heavy atom. The van der Waals surface area contributed by atoms with Crippen LogP contribution in [0.4, 0.5) is 22.9 Å². The zero-order chi connectivity index (χ0) is 22.9. The Hall–Kier alpha value is -2.60. The molecule has 0 atom stereocenters. The number of hydrogen-bond donors (Lipinski definition) is 1. The summed E-state index contributed by atoms with van der Waals surface area (Å²) in [6, 6.07) is 10.5. The lowest BCUT2D eigenvalue weighted by Gasteiger charge is -2.36. The second kappa shape index (κ2) is 9.57. The van der Waals surface area contributed by atoms with E-state index in [-0.39, 0.29) is 11.8 Å². The van der Waals surface area contributed by atoms with Gasteiger partial charge in [-0.1, -0.05) is 25.3 Å². The Morgan fingerprint density at radius 3 is 2.59 bits per heavy atom. The minimum atomic E-state index is 0.121. The van der Waals surface area contributed by atoms with Gasteiger partial charge in [-0.3, -0.25) is 4.79 Å². The summed E-state index contributed by atoms with van der Waals surface area (Å²) >= 11 is 0. The predicted molar refractivity (Wildman–Crippen MR) is 136 cm³/mol. The van der Waals surface area contributed by atoms with Crippen molar-refractivity contribution in [3.8, 4) is 0 Å². The van der Waals surface area contributed by atoms with Crippen LogP contribution in [0, 0.1) is 17.8 Å². The normalized spacial score (nSPS) is 24.9. The number of ether oxygens (including phenoxy) is 1. The Bertz CT molecular complexity index is 1020. The molecule has 2 aliphatic heterocycles. The quantitative estimate of drug-likeness (QED) is 0.652. The van der Waals surface area contributed by atoms with E-state index in [9.17, 15) is 4.79 Å². The van der Waals surface area contributed by atoms with Gasteiger partial charge in [0.1, 0.15) is 5.82 Å². The average Bonchev–Trinajstić information content (AvgIpc) is 3.03. The summed E-state index contributed by atoms with van der Waals surface area (Å²) in [6.07, 6.45) is 11.9. The zero-order valence-electron chi connectivity index (χ0n) is 20.0. The second-order valence-corrected chi connectivity index (χ2v) is 10.6. The Morgan fingerprint density at radius 1 is 1.03 bits per heavy atom. The largest absolute Gasteiger partial charge is 0.378 e. The number of nitrogens with one attached hydrogen (secondary N) is 1. The fourth-order valence-corrected chi connectivity index (χ4v) is 6.19. The molecule has 0 unspecified atom stereocenters. The molecule has 3 heterocycles. The highest BCUT2D eigenvalue weighted by Crippen LogP contribution is 2.42. The van der Waals surface area contributed by atoms with Gasteiger partial charge in [0, 0.05) is 36.5 Å². The van der Waals surface area contributed by atoms with Crippen LogP contribution in [-0.2, 0) is 16.1 Å². The number of nitrogens with zero attached hydrogens (tertiary/aromatic N) is 3. The van der Waals surface area contributed by atoms with E-state index in [0.717, 1.165) is 79.4 Å². The fourth-order valence-electron chi connectivity index (χ4n) is 6.19. The molecule has 6 nitrogen and oxygen atoms in total. The molecule has 2 aliphatic carbocycles. The monoisotopic (exact) mass is 460 g/mol. The maximum absolute atomic E-state index is 14.0. The summed E-state index contributed by atoms with van der Waals surface area (Å²) in [6.45, 7) is 3.82. The summed E-state index contributed by atoms with van der Waals surface area (Å²) in [5.74, 6) is 3.04. The first-order valence-corrected chi connectivity index (χ1v) is 13.2. The molecule has 2 aromatic rings. The van der Waals surface area contributed by atoms with Crippen LogP contribution in [0.5, 0.6) is 0 Å². The fraction of sp³-hybridized carbons (Fsp3) is 0.571. The number of pyridine rings is 1. The molecule has 34 heavy (non-hydrogen) atoms. The van der Waals surface area contributed by atoms with Gasteiger partial charge < -0.3 is 19.9 Å². The average molecular weight is 461 g/mol. The number of hydrogen-bond acceptors (Lipinski definition) is 5. The Labute approximate surface area is 202 Å². The molecule has 3 fully saturated rings. The van der Waals surface area contributed by atoms with Crippen LogP contribution in [0.25, 0.3) is 0 Å². The highest BCUT2D eigenvalue weighted by atomic mass is 16.5. The molecule has 2 saturated carbocycles. The number of rotatable bonds is 4. The van der Waals surface area contributed by atoms with Gasteiger partial charge in [-0.2, -0.15) is 0 Å². The van der Waals surface area contributed by atoms with Crippen molar-refractivity contribution in [2.75, 3.05) is 41.4 Å². The van der Waals surface area contributed by atoms with Gasteiger partial charge in [0.05, 0.1) is 31.1 Å². The lowest BCUT2D eigenvalue weighted by Crippen LogP contribution is -2.38. The van der Waals surface area contributed by atoms with E-state index in [1.165, 1.54) is 38.5 Å². The van der Waals surface area contributed by atoms with Crippen LogP contribution in [0.15, 0.2) is 36.5 Å². The molecule has 0 bridgehead atoms. The summed E-state index contributed by atoms with van der Waals surface area (Å²) in [7, 11) is 0. The lowest BCUT2D eigenvalue weighted by molar-refractivity contribution is -0.123. The van der Waals surface area contributed by atoms with Gasteiger partial charge in [-0.25, -0.2) is 4.98 Å². The number of carbonyl (C=O) groups is 1. The number of carbonyl (C=O) groups excluding carboxylic acids is 1. The van der Waals surface area contributed by atoms with Crippen LogP contribution in [0.1, 0.15) is 56.9 Å². The van der Waals surface area contributed by atoms with Crippen molar-refractivity contribution in [2.24, 2.45) is 17.8 Å². The lowest BCUT2D eigenvalue weighted by atomic mass is 9.72. The molecular weight excluding hydrogens is 424 g/mol. The zero-order valence-corrected chi connectivity index (χ0v) is 20.0. The van der Waals surface area contributed by atoms with E-state index in [1.807, 2.05) is 17.2 Å².